The van der Waals surface area contributed by atoms with Crippen LogP contribution in [-0.2, 0) is 6.42 Å². The van der Waals surface area contributed by atoms with Crippen LogP contribution in [0.25, 0.3) is 0 Å². The first kappa shape index (κ1) is 14.3. The van der Waals surface area contributed by atoms with Crippen LogP contribution in [0.15, 0.2) is 42.5 Å². The molecule has 0 spiro atoms. The molecule has 0 aliphatic carbocycles. The van der Waals surface area contributed by atoms with Crippen LogP contribution >= 0.6 is 0 Å². The number of benzene rings is 2. The van der Waals surface area contributed by atoms with Crippen molar-refractivity contribution in [2.75, 3.05) is 6.54 Å². The summed E-state index contributed by atoms with van der Waals surface area (Å²) in [5, 5.41) is 3.00. The SMILES string of the molecule is Cc1cc(C)c(C(=O)NCCc2ccccc2)cc1C. The molecule has 0 saturated heterocycles. The third-order valence-electron chi connectivity index (χ3n) is 3.63. The highest BCUT2D eigenvalue weighted by Crippen LogP contribution is 2.15. The molecule has 0 radical (unpaired) electrons. The van der Waals surface area contributed by atoms with Crippen LogP contribution in [0.1, 0.15) is 32.6 Å². The lowest BCUT2D eigenvalue weighted by Crippen LogP contribution is -2.26. The molecule has 0 aliphatic rings. The second-order valence-corrected chi connectivity index (χ2v) is 5.24. The molecule has 1 N–H and O–H groups in total. The van der Waals surface area contributed by atoms with Crippen molar-refractivity contribution >= 4 is 5.91 Å². The lowest BCUT2D eigenvalue weighted by molar-refractivity contribution is 0.0953. The van der Waals surface area contributed by atoms with Gasteiger partial charge in [0.15, 0.2) is 0 Å². The number of rotatable bonds is 4. The summed E-state index contributed by atoms with van der Waals surface area (Å²) >= 11 is 0. The maximum Gasteiger partial charge on any atom is 0.251 e. The summed E-state index contributed by atoms with van der Waals surface area (Å²) in [6.45, 7) is 6.75. The fourth-order valence-electron chi connectivity index (χ4n) is 2.27. The van der Waals surface area contributed by atoms with E-state index >= 15 is 0 Å². The van der Waals surface area contributed by atoms with Gasteiger partial charge in [-0.05, 0) is 55.5 Å². The highest BCUT2D eigenvalue weighted by molar-refractivity contribution is 5.95. The van der Waals surface area contributed by atoms with Crippen LogP contribution in [0.3, 0.4) is 0 Å². The Morgan fingerprint density at radius 3 is 2.30 bits per heavy atom. The first-order valence-corrected chi connectivity index (χ1v) is 6.98. The monoisotopic (exact) mass is 267 g/mol. The van der Waals surface area contributed by atoms with Crippen LogP contribution < -0.4 is 5.32 Å². The second kappa shape index (κ2) is 6.38. The van der Waals surface area contributed by atoms with Crippen molar-refractivity contribution in [2.24, 2.45) is 0 Å². The molecule has 0 saturated carbocycles. The molecule has 2 rings (SSSR count). The van der Waals surface area contributed by atoms with Gasteiger partial charge < -0.3 is 5.32 Å². The van der Waals surface area contributed by atoms with Crippen molar-refractivity contribution in [2.45, 2.75) is 27.2 Å². The molecule has 2 aromatic carbocycles. The Morgan fingerprint density at radius 1 is 0.950 bits per heavy atom. The zero-order chi connectivity index (χ0) is 14.5. The Labute approximate surface area is 120 Å². The predicted molar refractivity (Wildman–Crippen MR) is 83.1 cm³/mol. The first-order chi connectivity index (χ1) is 9.58. The van der Waals surface area contributed by atoms with Gasteiger partial charge in [-0.1, -0.05) is 36.4 Å². The number of hydrogen-bond acceptors (Lipinski definition) is 1. The van der Waals surface area contributed by atoms with Crippen molar-refractivity contribution in [3.8, 4) is 0 Å². The molecule has 0 fully saturated rings. The van der Waals surface area contributed by atoms with E-state index in [4.69, 9.17) is 0 Å². The molecule has 0 aliphatic heterocycles. The Kier molecular flexibility index (Phi) is 4.57. The van der Waals surface area contributed by atoms with Gasteiger partial charge in [0, 0.05) is 12.1 Å². The Hall–Kier alpha value is -2.09. The highest BCUT2D eigenvalue weighted by Gasteiger charge is 2.09. The number of carbonyl (C=O) groups excluding carboxylic acids is 1. The average Bonchev–Trinajstić information content (AvgIpc) is 2.44. The quantitative estimate of drug-likeness (QED) is 0.901. The summed E-state index contributed by atoms with van der Waals surface area (Å²) in [5.41, 5.74) is 5.43. The van der Waals surface area contributed by atoms with E-state index in [1.807, 2.05) is 38.1 Å². The van der Waals surface area contributed by atoms with Crippen molar-refractivity contribution in [3.63, 3.8) is 0 Å². The second-order valence-electron chi connectivity index (χ2n) is 5.24. The van der Waals surface area contributed by atoms with Crippen LogP contribution in [0.5, 0.6) is 0 Å². The van der Waals surface area contributed by atoms with Crippen molar-refractivity contribution in [1.29, 1.82) is 0 Å². The Balaban J connectivity index is 1.97. The number of carbonyl (C=O) groups is 1. The predicted octanol–water partition coefficient (Wildman–Crippen LogP) is 3.58. The minimum Gasteiger partial charge on any atom is -0.352 e. The summed E-state index contributed by atoms with van der Waals surface area (Å²) in [7, 11) is 0. The third kappa shape index (κ3) is 3.47. The van der Waals surface area contributed by atoms with Crippen molar-refractivity contribution in [3.05, 3.63) is 70.3 Å². The molecule has 0 aromatic heterocycles. The number of hydrogen-bond donors (Lipinski definition) is 1. The summed E-state index contributed by atoms with van der Waals surface area (Å²) in [6, 6.07) is 14.2. The van der Waals surface area contributed by atoms with Gasteiger partial charge in [-0.15, -0.1) is 0 Å². The Morgan fingerprint density at radius 2 is 1.60 bits per heavy atom. The number of amides is 1. The zero-order valence-electron chi connectivity index (χ0n) is 12.4. The molecule has 2 nitrogen and oxygen atoms in total. The maximum absolute atomic E-state index is 12.2. The van der Waals surface area contributed by atoms with Crippen LogP contribution in [0.2, 0.25) is 0 Å². The summed E-state index contributed by atoms with van der Waals surface area (Å²) in [4.78, 5) is 12.2. The average molecular weight is 267 g/mol. The van der Waals surface area contributed by atoms with E-state index < -0.39 is 0 Å². The standard InChI is InChI=1S/C18H21NO/c1-13-11-15(3)17(12-14(13)2)18(20)19-10-9-16-7-5-4-6-8-16/h4-8,11-12H,9-10H2,1-3H3,(H,19,20). The van der Waals surface area contributed by atoms with Gasteiger partial charge in [-0.25, -0.2) is 0 Å². The first-order valence-electron chi connectivity index (χ1n) is 6.98. The summed E-state index contributed by atoms with van der Waals surface area (Å²) in [5.74, 6) is 0.0153. The lowest BCUT2D eigenvalue weighted by Gasteiger charge is -2.10. The van der Waals surface area contributed by atoms with Gasteiger partial charge in [0.2, 0.25) is 0 Å². The molecule has 0 heterocycles. The molecular formula is C18H21NO. The zero-order valence-corrected chi connectivity index (χ0v) is 12.4. The van der Waals surface area contributed by atoms with Gasteiger partial charge in [-0.2, -0.15) is 0 Å². The Bertz CT molecular complexity index is 602. The van der Waals surface area contributed by atoms with E-state index in [9.17, 15) is 4.79 Å². The fourth-order valence-corrected chi connectivity index (χ4v) is 2.27. The van der Waals surface area contributed by atoms with E-state index in [0.717, 1.165) is 23.1 Å². The van der Waals surface area contributed by atoms with E-state index in [1.54, 1.807) is 0 Å². The smallest absolute Gasteiger partial charge is 0.251 e. The molecule has 104 valence electrons. The minimum absolute atomic E-state index is 0.0153. The van der Waals surface area contributed by atoms with Crippen molar-refractivity contribution in [1.82, 2.24) is 5.32 Å². The molecule has 1 amide bonds. The largest absolute Gasteiger partial charge is 0.352 e. The van der Waals surface area contributed by atoms with E-state index in [0.29, 0.717) is 6.54 Å². The lowest BCUT2D eigenvalue weighted by atomic mass is 10.0. The topological polar surface area (TPSA) is 29.1 Å². The van der Waals surface area contributed by atoms with E-state index in [2.05, 4.69) is 30.4 Å². The van der Waals surface area contributed by atoms with Crippen LogP contribution in [0.4, 0.5) is 0 Å². The molecule has 0 bridgehead atoms. The molecule has 0 unspecified atom stereocenters. The fraction of sp³-hybridized carbons (Fsp3) is 0.278. The molecule has 20 heavy (non-hydrogen) atoms. The van der Waals surface area contributed by atoms with Crippen LogP contribution in [-0.4, -0.2) is 12.5 Å². The van der Waals surface area contributed by atoms with E-state index in [-0.39, 0.29) is 5.91 Å². The van der Waals surface area contributed by atoms with Gasteiger partial charge >= 0.3 is 0 Å². The van der Waals surface area contributed by atoms with Gasteiger partial charge in [0.05, 0.1) is 0 Å². The molecular weight excluding hydrogens is 246 g/mol. The molecule has 2 aromatic rings. The van der Waals surface area contributed by atoms with E-state index in [1.165, 1.54) is 11.1 Å². The van der Waals surface area contributed by atoms with Crippen LogP contribution in [0, 0.1) is 20.8 Å². The molecule has 2 heteroatoms. The number of aryl methyl sites for hydroxylation is 3. The third-order valence-corrected chi connectivity index (χ3v) is 3.63. The van der Waals surface area contributed by atoms with Gasteiger partial charge in [0.1, 0.15) is 0 Å². The minimum atomic E-state index is 0.0153. The number of nitrogens with one attached hydrogen (secondary N) is 1. The summed E-state index contributed by atoms with van der Waals surface area (Å²) in [6.07, 6.45) is 0.858. The van der Waals surface area contributed by atoms with Crippen molar-refractivity contribution < 1.29 is 4.79 Å². The maximum atomic E-state index is 12.2. The molecule has 0 atom stereocenters. The van der Waals surface area contributed by atoms with Gasteiger partial charge in [-0.3, -0.25) is 4.79 Å². The summed E-state index contributed by atoms with van der Waals surface area (Å²) < 4.78 is 0. The highest BCUT2D eigenvalue weighted by atomic mass is 16.1. The van der Waals surface area contributed by atoms with Gasteiger partial charge in [0.25, 0.3) is 5.91 Å². The normalized spacial score (nSPS) is 10.3.